The molecule has 29 heavy (non-hydrogen) atoms. The second kappa shape index (κ2) is 9.36. The predicted molar refractivity (Wildman–Crippen MR) is 109 cm³/mol. The number of amides is 2. The summed E-state index contributed by atoms with van der Waals surface area (Å²) in [5.41, 5.74) is 4.12. The van der Waals surface area contributed by atoms with Crippen molar-refractivity contribution >= 4 is 17.8 Å². The molecule has 2 rings (SSSR count). The number of esters is 1. The number of methoxy groups -OCH3 is 1. The number of carbonyl (C=O) groups excluding carboxylic acids is 3. The molecule has 0 unspecified atom stereocenters. The number of likely N-dealkylation sites (N-methyl/N-ethyl adjacent to an activating group) is 2. The summed E-state index contributed by atoms with van der Waals surface area (Å²) < 4.78 is 6.51. The lowest BCUT2D eigenvalue weighted by Crippen LogP contribution is -2.37. The van der Waals surface area contributed by atoms with Crippen LogP contribution >= 0.6 is 0 Å². The van der Waals surface area contributed by atoms with E-state index in [1.807, 2.05) is 26.0 Å². The summed E-state index contributed by atoms with van der Waals surface area (Å²) in [5, 5.41) is 4.57. The Morgan fingerprint density at radius 3 is 2.24 bits per heavy atom. The molecule has 8 heteroatoms. The van der Waals surface area contributed by atoms with Gasteiger partial charge in [-0.05, 0) is 50.1 Å². The highest BCUT2D eigenvalue weighted by Crippen LogP contribution is 2.20. The van der Waals surface area contributed by atoms with Gasteiger partial charge in [0.25, 0.3) is 5.91 Å². The Bertz CT molecular complexity index is 900. The Kier molecular flexibility index (Phi) is 7.14. The normalized spacial score (nSPS) is 10.6. The SMILES string of the molecule is COC(=O)CCc1c(C)nn(-c2ccc(C(=O)N(C)CC(=O)N(C)C)cc2)c1C. The van der Waals surface area contributed by atoms with Gasteiger partial charge in [0.2, 0.25) is 5.91 Å². The third kappa shape index (κ3) is 5.22. The maximum atomic E-state index is 12.5. The number of nitrogens with zero attached hydrogens (tertiary/aromatic N) is 4. The minimum absolute atomic E-state index is 0.0224. The number of aryl methyl sites for hydroxylation is 1. The van der Waals surface area contributed by atoms with Crippen LogP contribution in [0.15, 0.2) is 24.3 Å². The van der Waals surface area contributed by atoms with Gasteiger partial charge >= 0.3 is 5.97 Å². The number of rotatable bonds is 7. The molecule has 0 aliphatic heterocycles. The van der Waals surface area contributed by atoms with E-state index in [9.17, 15) is 14.4 Å². The molecular formula is C21H28N4O4. The maximum absolute atomic E-state index is 12.5. The van der Waals surface area contributed by atoms with Crippen molar-refractivity contribution in [1.82, 2.24) is 19.6 Å². The monoisotopic (exact) mass is 400 g/mol. The zero-order valence-electron chi connectivity index (χ0n) is 17.9. The molecule has 0 aliphatic rings. The summed E-state index contributed by atoms with van der Waals surface area (Å²) in [6.45, 7) is 3.88. The first-order valence-electron chi connectivity index (χ1n) is 9.33. The quantitative estimate of drug-likeness (QED) is 0.661. The molecule has 0 saturated carbocycles. The van der Waals surface area contributed by atoms with Gasteiger partial charge in [0.05, 0.1) is 25.0 Å². The molecule has 2 amide bonds. The zero-order valence-corrected chi connectivity index (χ0v) is 17.9. The van der Waals surface area contributed by atoms with Crippen LogP contribution in [0.3, 0.4) is 0 Å². The van der Waals surface area contributed by atoms with Crippen LogP contribution in [0.4, 0.5) is 0 Å². The van der Waals surface area contributed by atoms with Crippen LogP contribution in [0.25, 0.3) is 5.69 Å². The van der Waals surface area contributed by atoms with Gasteiger partial charge in [-0.25, -0.2) is 4.68 Å². The van der Waals surface area contributed by atoms with Crippen LogP contribution in [0.2, 0.25) is 0 Å². The summed E-state index contributed by atoms with van der Waals surface area (Å²) in [4.78, 5) is 38.6. The number of hydrogen-bond acceptors (Lipinski definition) is 5. The van der Waals surface area contributed by atoms with E-state index in [1.165, 1.54) is 16.9 Å². The molecule has 0 atom stereocenters. The number of hydrogen-bond donors (Lipinski definition) is 0. The van der Waals surface area contributed by atoms with Crippen molar-refractivity contribution in [2.75, 3.05) is 34.8 Å². The lowest BCUT2D eigenvalue weighted by atomic mass is 10.1. The van der Waals surface area contributed by atoms with Crippen molar-refractivity contribution in [2.45, 2.75) is 26.7 Å². The highest BCUT2D eigenvalue weighted by Gasteiger charge is 2.17. The summed E-state index contributed by atoms with van der Waals surface area (Å²) in [5.74, 6) is -0.616. The number of aromatic nitrogens is 2. The average molecular weight is 400 g/mol. The number of benzene rings is 1. The van der Waals surface area contributed by atoms with Crippen molar-refractivity contribution < 1.29 is 19.1 Å². The lowest BCUT2D eigenvalue weighted by Gasteiger charge is -2.19. The first-order chi connectivity index (χ1) is 13.6. The molecule has 0 radical (unpaired) electrons. The van der Waals surface area contributed by atoms with Gasteiger partial charge in [-0.1, -0.05) is 0 Å². The molecule has 1 heterocycles. The summed E-state index contributed by atoms with van der Waals surface area (Å²) in [6, 6.07) is 7.08. The Balaban J connectivity index is 2.17. The molecule has 156 valence electrons. The van der Waals surface area contributed by atoms with Gasteiger partial charge < -0.3 is 14.5 Å². The topological polar surface area (TPSA) is 84.7 Å². The second-order valence-electron chi connectivity index (χ2n) is 7.13. The molecule has 1 aromatic heterocycles. The molecule has 1 aromatic carbocycles. The van der Waals surface area contributed by atoms with Crippen LogP contribution in [-0.2, 0) is 20.7 Å². The van der Waals surface area contributed by atoms with E-state index in [-0.39, 0.29) is 24.3 Å². The van der Waals surface area contributed by atoms with Crippen LogP contribution in [0.5, 0.6) is 0 Å². The Labute approximate surface area is 171 Å². The third-order valence-electron chi connectivity index (χ3n) is 4.82. The van der Waals surface area contributed by atoms with E-state index in [4.69, 9.17) is 4.74 Å². The summed E-state index contributed by atoms with van der Waals surface area (Å²) in [6.07, 6.45) is 0.862. The molecule has 0 aliphatic carbocycles. The maximum Gasteiger partial charge on any atom is 0.305 e. The fraction of sp³-hybridized carbons (Fsp3) is 0.429. The number of carbonyl (C=O) groups is 3. The Hall–Kier alpha value is -3.16. The highest BCUT2D eigenvalue weighted by molar-refractivity contribution is 5.96. The van der Waals surface area contributed by atoms with Gasteiger partial charge in [0, 0.05) is 38.8 Å². The second-order valence-corrected chi connectivity index (χ2v) is 7.13. The van der Waals surface area contributed by atoms with Gasteiger partial charge in [-0.2, -0.15) is 5.10 Å². The molecule has 0 spiro atoms. The molecule has 0 bridgehead atoms. The predicted octanol–water partition coefficient (Wildman–Crippen LogP) is 1.75. The van der Waals surface area contributed by atoms with Crippen LogP contribution < -0.4 is 0 Å². The molecule has 8 nitrogen and oxygen atoms in total. The van der Waals surface area contributed by atoms with E-state index >= 15 is 0 Å². The zero-order chi connectivity index (χ0) is 21.7. The van der Waals surface area contributed by atoms with Crippen molar-refractivity contribution in [1.29, 1.82) is 0 Å². The highest BCUT2D eigenvalue weighted by atomic mass is 16.5. The van der Waals surface area contributed by atoms with Crippen LogP contribution in [0, 0.1) is 13.8 Å². The van der Waals surface area contributed by atoms with Crippen molar-refractivity contribution in [3.8, 4) is 5.69 Å². The Morgan fingerprint density at radius 2 is 1.69 bits per heavy atom. The first-order valence-corrected chi connectivity index (χ1v) is 9.33. The smallest absolute Gasteiger partial charge is 0.305 e. The Morgan fingerprint density at radius 1 is 1.07 bits per heavy atom. The molecule has 0 saturated heterocycles. The molecule has 0 N–H and O–H groups in total. The van der Waals surface area contributed by atoms with E-state index in [2.05, 4.69) is 5.10 Å². The average Bonchev–Trinajstić information content (AvgIpc) is 2.99. The van der Waals surface area contributed by atoms with Gasteiger partial charge in [-0.3, -0.25) is 14.4 Å². The van der Waals surface area contributed by atoms with E-state index in [0.717, 1.165) is 22.6 Å². The van der Waals surface area contributed by atoms with E-state index < -0.39 is 0 Å². The first kappa shape index (κ1) is 22.1. The van der Waals surface area contributed by atoms with Crippen molar-refractivity contribution in [2.24, 2.45) is 0 Å². The number of ether oxygens (including phenoxy) is 1. The minimum atomic E-state index is -0.253. The van der Waals surface area contributed by atoms with Gasteiger partial charge in [0.1, 0.15) is 0 Å². The largest absolute Gasteiger partial charge is 0.469 e. The standard InChI is InChI=1S/C21H28N4O4/c1-14-18(11-12-20(27)29-6)15(2)25(22-14)17-9-7-16(8-10-17)21(28)24(5)13-19(26)23(3)4/h7-10H,11-13H2,1-6H3. The molecule has 2 aromatic rings. The van der Waals surface area contributed by atoms with Gasteiger partial charge in [0.15, 0.2) is 0 Å². The minimum Gasteiger partial charge on any atom is -0.469 e. The van der Waals surface area contributed by atoms with Crippen molar-refractivity contribution in [3.05, 3.63) is 46.8 Å². The van der Waals surface area contributed by atoms with E-state index in [1.54, 1.807) is 38.0 Å². The fourth-order valence-corrected chi connectivity index (χ4v) is 3.00. The van der Waals surface area contributed by atoms with E-state index in [0.29, 0.717) is 18.4 Å². The van der Waals surface area contributed by atoms with Crippen LogP contribution in [-0.4, -0.2) is 72.2 Å². The molecule has 0 fully saturated rings. The van der Waals surface area contributed by atoms with Gasteiger partial charge in [-0.15, -0.1) is 0 Å². The summed E-state index contributed by atoms with van der Waals surface area (Å²) >= 11 is 0. The summed E-state index contributed by atoms with van der Waals surface area (Å²) in [7, 11) is 6.29. The van der Waals surface area contributed by atoms with Crippen molar-refractivity contribution in [3.63, 3.8) is 0 Å². The lowest BCUT2D eigenvalue weighted by molar-refractivity contribution is -0.140. The van der Waals surface area contributed by atoms with Crippen LogP contribution in [0.1, 0.15) is 33.7 Å². The molecular weight excluding hydrogens is 372 g/mol. The third-order valence-corrected chi connectivity index (χ3v) is 4.82. The fourth-order valence-electron chi connectivity index (χ4n) is 3.00.